The zero-order valence-electron chi connectivity index (χ0n) is 23.1. The predicted molar refractivity (Wildman–Crippen MR) is 155 cm³/mol. The van der Waals surface area contributed by atoms with Crippen molar-refractivity contribution in [2.45, 2.75) is 59.2 Å². The van der Waals surface area contributed by atoms with Gasteiger partial charge < -0.3 is 19.9 Å². The maximum atomic E-state index is 10.1. The number of aliphatic hydroxyl groups is 1. The number of hydrogen-bond acceptors (Lipinski definition) is 7. The fourth-order valence-corrected chi connectivity index (χ4v) is 5.84. The number of rotatable bonds is 7. The average molecular weight is 524 g/mol. The second kappa shape index (κ2) is 10.8. The van der Waals surface area contributed by atoms with Gasteiger partial charge in [-0.25, -0.2) is 9.97 Å². The van der Waals surface area contributed by atoms with E-state index in [1.165, 1.54) is 27.8 Å². The minimum absolute atomic E-state index is 0.103. The van der Waals surface area contributed by atoms with Crippen LogP contribution in [0.5, 0.6) is 0 Å². The van der Waals surface area contributed by atoms with E-state index in [9.17, 15) is 5.11 Å². The van der Waals surface area contributed by atoms with Crippen LogP contribution in [0.4, 0.5) is 17.6 Å². The summed E-state index contributed by atoms with van der Waals surface area (Å²) in [7, 11) is 0. The highest BCUT2D eigenvalue weighted by atomic mass is 16.3. The SMILES string of the molecule is Cc1cc(-n2cnc(Nc3nc4c(c(N5CCC[C@H]5CO)n3)CCN(Cc3ccccc3)C4)c2)cc(C)c1C. The monoisotopic (exact) mass is 523 g/mol. The molecule has 6 rings (SSSR count). The molecule has 2 aromatic carbocycles. The summed E-state index contributed by atoms with van der Waals surface area (Å²) in [5.74, 6) is 2.21. The van der Waals surface area contributed by atoms with Crippen molar-refractivity contribution >= 4 is 17.6 Å². The van der Waals surface area contributed by atoms with Gasteiger partial charge in [-0.15, -0.1) is 0 Å². The van der Waals surface area contributed by atoms with Gasteiger partial charge in [0.25, 0.3) is 0 Å². The Morgan fingerprint density at radius 1 is 1.03 bits per heavy atom. The number of anilines is 3. The van der Waals surface area contributed by atoms with Gasteiger partial charge in [0.05, 0.1) is 24.5 Å². The number of aliphatic hydroxyl groups excluding tert-OH is 1. The van der Waals surface area contributed by atoms with Crippen LogP contribution in [0.3, 0.4) is 0 Å². The fraction of sp³-hybridized carbons (Fsp3) is 0.387. The quantitative estimate of drug-likeness (QED) is 0.358. The lowest BCUT2D eigenvalue weighted by Gasteiger charge is -2.33. The van der Waals surface area contributed by atoms with Crippen molar-refractivity contribution in [3.8, 4) is 5.69 Å². The first-order valence-corrected chi connectivity index (χ1v) is 13.9. The van der Waals surface area contributed by atoms with E-state index in [-0.39, 0.29) is 12.6 Å². The Hall–Kier alpha value is -3.75. The van der Waals surface area contributed by atoms with Crippen LogP contribution in [-0.2, 0) is 19.5 Å². The molecule has 8 heteroatoms. The zero-order valence-corrected chi connectivity index (χ0v) is 23.1. The Kier molecular flexibility index (Phi) is 7.06. The molecule has 4 heterocycles. The van der Waals surface area contributed by atoms with Gasteiger partial charge in [-0.3, -0.25) is 4.90 Å². The van der Waals surface area contributed by atoms with E-state index < -0.39 is 0 Å². The van der Waals surface area contributed by atoms with Crippen molar-refractivity contribution in [1.82, 2.24) is 24.4 Å². The molecular formula is C31H37N7O. The second-order valence-corrected chi connectivity index (χ2v) is 10.9. The van der Waals surface area contributed by atoms with E-state index in [2.05, 4.69) is 83.3 Å². The van der Waals surface area contributed by atoms with Gasteiger partial charge in [0, 0.05) is 37.4 Å². The van der Waals surface area contributed by atoms with Crippen molar-refractivity contribution in [3.05, 3.63) is 88.5 Å². The van der Waals surface area contributed by atoms with Crippen LogP contribution in [0.15, 0.2) is 55.0 Å². The molecule has 2 aliphatic heterocycles. The lowest BCUT2D eigenvalue weighted by atomic mass is 10.0. The van der Waals surface area contributed by atoms with Crippen LogP contribution in [0.1, 0.15) is 46.4 Å². The molecule has 0 aliphatic carbocycles. The van der Waals surface area contributed by atoms with Gasteiger partial charge in [-0.05, 0) is 74.4 Å². The van der Waals surface area contributed by atoms with E-state index in [1.807, 2.05) is 17.1 Å². The lowest BCUT2D eigenvalue weighted by Crippen LogP contribution is -2.37. The molecule has 4 aromatic rings. The first-order chi connectivity index (χ1) is 19.0. The van der Waals surface area contributed by atoms with Crippen LogP contribution in [0.25, 0.3) is 5.69 Å². The zero-order chi connectivity index (χ0) is 26.9. The molecule has 39 heavy (non-hydrogen) atoms. The van der Waals surface area contributed by atoms with Crippen molar-refractivity contribution in [2.75, 3.05) is 29.9 Å². The molecule has 2 N–H and O–H groups in total. The first-order valence-electron chi connectivity index (χ1n) is 13.9. The Balaban J connectivity index is 1.30. The number of imidazole rings is 1. The Morgan fingerprint density at radius 2 is 1.82 bits per heavy atom. The molecule has 0 spiro atoms. The molecule has 0 saturated carbocycles. The summed E-state index contributed by atoms with van der Waals surface area (Å²) >= 11 is 0. The molecule has 1 atom stereocenters. The minimum atomic E-state index is 0.103. The van der Waals surface area contributed by atoms with E-state index >= 15 is 0 Å². The average Bonchev–Trinajstić information content (AvgIpc) is 3.61. The van der Waals surface area contributed by atoms with E-state index in [1.54, 1.807) is 0 Å². The summed E-state index contributed by atoms with van der Waals surface area (Å²) in [5, 5.41) is 13.4. The van der Waals surface area contributed by atoms with Gasteiger partial charge in [-0.1, -0.05) is 30.3 Å². The fourth-order valence-electron chi connectivity index (χ4n) is 5.84. The number of aromatic nitrogens is 4. The predicted octanol–water partition coefficient (Wildman–Crippen LogP) is 4.85. The molecule has 8 nitrogen and oxygen atoms in total. The number of fused-ring (bicyclic) bond motifs is 1. The Bertz CT molecular complexity index is 1440. The van der Waals surface area contributed by atoms with Gasteiger partial charge >= 0.3 is 0 Å². The highest BCUT2D eigenvalue weighted by molar-refractivity contribution is 5.58. The van der Waals surface area contributed by atoms with Crippen molar-refractivity contribution in [1.29, 1.82) is 0 Å². The summed E-state index contributed by atoms with van der Waals surface area (Å²) in [6.45, 7) is 10.1. The van der Waals surface area contributed by atoms with Crippen LogP contribution < -0.4 is 10.2 Å². The summed E-state index contributed by atoms with van der Waals surface area (Å²) in [6.07, 6.45) is 6.76. The molecule has 1 saturated heterocycles. The summed E-state index contributed by atoms with van der Waals surface area (Å²) in [6, 6.07) is 15.1. The highest BCUT2D eigenvalue weighted by Gasteiger charge is 2.31. The highest BCUT2D eigenvalue weighted by Crippen LogP contribution is 2.33. The molecule has 1 fully saturated rings. The second-order valence-electron chi connectivity index (χ2n) is 10.9. The molecule has 202 valence electrons. The summed E-state index contributed by atoms with van der Waals surface area (Å²) < 4.78 is 2.03. The molecule has 2 aliphatic rings. The standard InChI is InChI=1S/C31H37N7O/c1-21-14-26(15-22(2)23(21)3)37-18-29(32-20-37)34-31-33-28-17-36(16-24-8-5-4-6-9-24)13-11-27(28)30(35-31)38-12-7-10-25(38)19-39/h4-6,8-9,14-15,18,20,25,39H,7,10-13,16-17,19H2,1-3H3,(H,33,34,35)/t25-/m0/s1. The third-order valence-electron chi connectivity index (χ3n) is 8.26. The van der Waals surface area contributed by atoms with Gasteiger partial charge in [0.1, 0.15) is 12.1 Å². The van der Waals surface area contributed by atoms with Crippen LogP contribution in [0.2, 0.25) is 0 Å². The van der Waals surface area contributed by atoms with E-state index in [0.717, 1.165) is 62.6 Å². The van der Waals surface area contributed by atoms with Crippen molar-refractivity contribution in [2.24, 2.45) is 0 Å². The summed E-state index contributed by atoms with van der Waals surface area (Å²) in [4.78, 5) is 19.4. The molecule has 0 unspecified atom stereocenters. The number of aryl methyl sites for hydroxylation is 2. The topological polar surface area (TPSA) is 82.3 Å². The third kappa shape index (κ3) is 5.27. The number of hydrogen-bond donors (Lipinski definition) is 2. The molecular weight excluding hydrogens is 486 g/mol. The number of benzene rings is 2. The lowest BCUT2D eigenvalue weighted by molar-refractivity contribution is 0.240. The maximum absolute atomic E-state index is 10.1. The largest absolute Gasteiger partial charge is 0.394 e. The van der Waals surface area contributed by atoms with Crippen LogP contribution >= 0.6 is 0 Å². The Labute approximate surface area is 230 Å². The maximum Gasteiger partial charge on any atom is 0.230 e. The van der Waals surface area contributed by atoms with E-state index in [0.29, 0.717) is 11.8 Å². The van der Waals surface area contributed by atoms with E-state index in [4.69, 9.17) is 9.97 Å². The first kappa shape index (κ1) is 25.5. The molecule has 0 bridgehead atoms. The number of nitrogens with one attached hydrogen (secondary N) is 1. The van der Waals surface area contributed by atoms with Crippen molar-refractivity contribution < 1.29 is 5.11 Å². The van der Waals surface area contributed by atoms with Gasteiger partial charge in [0.15, 0.2) is 5.82 Å². The molecule has 0 radical (unpaired) electrons. The molecule has 0 amide bonds. The minimum Gasteiger partial charge on any atom is -0.394 e. The van der Waals surface area contributed by atoms with Gasteiger partial charge in [-0.2, -0.15) is 4.98 Å². The smallest absolute Gasteiger partial charge is 0.230 e. The third-order valence-corrected chi connectivity index (χ3v) is 8.26. The molecule has 2 aromatic heterocycles. The normalized spacial score (nSPS) is 17.4. The number of nitrogens with zero attached hydrogens (tertiary/aromatic N) is 6. The van der Waals surface area contributed by atoms with Crippen molar-refractivity contribution in [3.63, 3.8) is 0 Å². The van der Waals surface area contributed by atoms with Crippen LogP contribution in [0, 0.1) is 20.8 Å². The Morgan fingerprint density at radius 3 is 2.59 bits per heavy atom. The summed E-state index contributed by atoms with van der Waals surface area (Å²) in [5.41, 5.74) is 8.50. The van der Waals surface area contributed by atoms with Gasteiger partial charge in [0.2, 0.25) is 5.95 Å². The van der Waals surface area contributed by atoms with Crippen LogP contribution in [-0.4, -0.2) is 55.3 Å².